The maximum absolute atomic E-state index is 12.8. The van der Waals surface area contributed by atoms with Crippen LogP contribution in [0.5, 0.6) is 0 Å². The van der Waals surface area contributed by atoms with Gasteiger partial charge in [-0.1, -0.05) is 13.8 Å². The molecular weight excluding hydrogens is 668 g/mol. The number of ketones is 1. The van der Waals surface area contributed by atoms with Crippen LogP contribution in [0.1, 0.15) is 67.2 Å². The van der Waals surface area contributed by atoms with Crippen LogP contribution >= 0.6 is 0 Å². The number of primary amides is 1. The molecule has 2 amide bonds. The standard InChI is InChI=1S/C38H56N6O8/c1-27(39)35-33(25-38(2,3)26-34(35)45)44-30-10-11-31(36(41)46)32(24-30)42-12-4-14-48-16-18-50-20-22-52-23-21-51-19-17-49-15-5-13-43-37(47)28-6-8-29(40)9-7-28/h6-11,24,39,42,44H,4-5,12-23,25-26,40H2,1-3H3,(H2,41,46)(H,43,47). The predicted octanol–water partition coefficient (Wildman–Crippen LogP) is 4.17. The Morgan fingerprint density at radius 2 is 1.33 bits per heavy atom. The van der Waals surface area contributed by atoms with Crippen molar-refractivity contribution in [2.24, 2.45) is 11.1 Å². The lowest BCUT2D eigenvalue weighted by Crippen LogP contribution is -2.30. The third-order valence-corrected chi connectivity index (χ3v) is 8.02. The van der Waals surface area contributed by atoms with Crippen molar-refractivity contribution in [2.45, 2.75) is 46.5 Å². The van der Waals surface area contributed by atoms with E-state index in [1.807, 2.05) is 13.8 Å². The molecule has 0 saturated heterocycles. The SMILES string of the molecule is CC(=N)C1=C(Nc2ccc(C(N)=O)c(NCCCOCCOCCOCCOCCOCCCNC(=O)c3ccc(N)cc3)c2)CC(C)(C)CC1=O. The molecule has 0 heterocycles. The Kier molecular flexibility index (Phi) is 18.3. The number of ether oxygens (including phenoxy) is 5. The van der Waals surface area contributed by atoms with E-state index in [1.165, 1.54) is 0 Å². The Bertz CT molecular complexity index is 1490. The largest absolute Gasteiger partial charge is 0.399 e. The third kappa shape index (κ3) is 15.5. The topological polar surface area (TPSA) is 209 Å². The van der Waals surface area contributed by atoms with Crippen molar-refractivity contribution < 1.29 is 38.1 Å². The van der Waals surface area contributed by atoms with Crippen LogP contribution in [0, 0.1) is 10.8 Å². The first-order chi connectivity index (χ1) is 25.0. The highest BCUT2D eigenvalue weighted by atomic mass is 16.6. The van der Waals surface area contributed by atoms with Gasteiger partial charge in [0.15, 0.2) is 5.78 Å². The molecule has 1 aliphatic carbocycles. The van der Waals surface area contributed by atoms with E-state index in [2.05, 4.69) is 16.0 Å². The second-order valence-electron chi connectivity index (χ2n) is 13.2. The summed E-state index contributed by atoms with van der Waals surface area (Å²) in [5.74, 6) is -0.717. The number of nitrogens with two attached hydrogens (primary N) is 2. The number of anilines is 3. The maximum atomic E-state index is 12.8. The molecule has 0 saturated carbocycles. The van der Waals surface area contributed by atoms with E-state index in [9.17, 15) is 14.4 Å². The van der Waals surface area contributed by atoms with Crippen LogP contribution in [0.15, 0.2) is 53.7 Å². The molecule has 286 valence electrons. The normalized spacial score (nSPS) is 13.9. The summed E-state index contributed by atoms with van der Waals surface area (Å²) in [6, 6.07) is 12.0. The van der Waals surface area contributed by atoms with Crippen LogP contribution in [-0.4, -0.2) is 102 Å². The van der Waals surface area contributed by atoms with E-state index < -0.39 is 5.91 Å². The number of Topliss-reactive ketones (excluding diaryl/α,β-unsaturated/α-hetero) is 1. The van der Waals surface area contributed by atoms with Gasteiger partial charge in [0.05, 0.1) is 64.0 Å². The zero-order valence-electron chi connectivity index (χ0n) is 30.8. The van der Waals surface area contributed by atoms with Gasteiger partial charge in [0.2, 0.25) is 0 Å². The third-order valence-electron chi connectivity index (χ3n) is 8.02. The van der Waals surface area contributed by atoms with Crippen LogP contribution in [0.3, 0.4) is 0 Å². The Labute approximate surface area is 306 Å². The lowest BCUT2D eigenvalue weighted by Gasteiger charge is -2.32. The van der Waals surface area contributed by atoms with E-state index in [-0.39, 0.29) is 22.8 Å². The van der Waals surface area contributed by atoms with Crippen molar-refractivity contribution in [3.05, 3.63) is 64.9 Å². The van der Waals surface area contributed by atoms with Crippen molar-refractivity contribution >= 4 is 40.4 Å². The van der Waals surface area contributed by atoms with E-state index in [1.54, 1.807) is 49.4 Å². The van der Waals surface area contributed by atoms with Crippen molar-refractivity contribution in [1.82, 2.24) is 5.32 Å². The molecule has 0 unspecified atom stereocenters. The molecule has 0 spiro atoms. The van der Waals surface area contributed by atoms with Gasteiger partial charge in [-0.05, 0) is 74.1 Å². The number of carbonyl (C=O) groups is 3. The van der Waals surface area contributed by atoms with Gasteiger partial charge in [-0.2, -0.15) is 0 Å². The fourth-order valence-electron chi connectivity index (χ4n) is 5.51. The number of hydrogen-bond acceptors (Lipinski definition) is 12. The molecule has 0 bridgehead atoms. The van der Waals surface area contributed by atoms with Gasteiger partial charge >= 0.3 is 0 Å². The molecule has 0 atom stereocenters. The van der Waals surface area contributed by atoms with Crippen LogP contribution in [0.4, 0.5) is 17.1 Å². The number of carbonyl (C=O) groups excluding carboxylic acids is 3. The van der Waals surface area contributed by atoms with Gasteiger partial charge in [0.1, 0.15) is 0 Å². The predicted molar refractivity (Wildman–Crippen MR) is 202 cm³/mol. The van der Waals surface area contributed by atoms with Crippen LogP contribution in [0.2, 0.25) is 0 Å². The lowest BCUT2D eigenvalue weighted by atomic mass is 9.75. The average molecular weight is 725 g/mol. The molecule has 8 N–H and O–H groups in total. The molecule has 0 aromatic heterocycles. The van der Waals surface area contributed by atoms with Gasteiger partial charge in [0.25, 0.3) is 11.8 Å². The zero-order chi connectivity index (χ0) is 37.8. The Morgan fingerprint density at radius 1 is 0.788 bits per heavy atom. The Balaban J connectivity index is 1.16. The smallest absolute Gasteiger partial charge is 0.251 e. The zero-order valence-corrected chi connectivity index (χ0v) is 30.8. The molecule has 52 heavy (non-hydrogen) atoms. The number of nitrogen functional groups attached to an aromatic ring is 1. The fraction of sp³-hybridized carbons (Fsp3) is 0.526. The van der Waals surface area contributed by atoms with E-state index in [4.69, 9.17) is 40.6 Å². The second kappa shape index (κ2) is 22.6. The first kappa shape index (κ1) is 42.1. The summed E-state index contributed by atoms with van der Waals surface area (Å²) < 4.78 is 27.8. The van der Waals surface area contributed by atoms with Crippen LogP contribution < -0.4 is 27.4 Å². The van der Waals surface area contributed by atoms with Gasteiger partial charge < -0.3 is 56.5 Å². The minimum atomic E-state index is -0.545. The highest BCUT2D eigenvalue weighted by Crippen LogP contribution is 2.38. The van der Waals surface area contributed by atoms with Crippen molar-refractivity contribution in [3.8, 4) is 0 Å². The summed E-state index contributed by atoms with van der Waals surface area (Å²) in [7, 11) is 0. The minimum Gasteiger partial charge on any atom is -0.399 e. The number of hydrogen-bond donors (Lipinski definition) is 6. The van der Waals surface area contributed by atoms with Gasteiger partial charge in [0, 0.05) is 66.8 Å². The first-order valence-electron chi connectivity index (χ1n) is 17.8. The van der Waals surface area contributed by atoms with Gasteiger partial charge in [-0.15, -0.1) is 0 Å². The fourth-order valence-corrected chi connectivity index (χ4v) is 5.51. The Morgan fingerprint density at radius 3 is 1.87 bits per heavy atom. The molecule has 0 aliphatic heterocycles. The maximum Gasteiger partial charge on any atom is 0.251 e. The molecule has 14 nitrogen and oxygen atoms in total. The number of rotatable bonds is 26. The number of allylic oxidation sites excluding steroid dienone is 2. The minimum absolute atomic E-state index is 0.0400. The van der Waals surface area contributed by atoms with Crippen LogP contribution in [-0.2, 0) is 28.5 Å². The summed E-state index contributed by atoms with van der Waals surface area (Å²) in [5.41, 5.74) is 15.2. The second-order valence-corrected chi connectivity index (χ2v) is 13.2. The first-order valence-corrected chi connectivity index (χ1v) is 17.8. The Hall–Kier alpha value is -4.34. The summed E-state index contributed by atoms with van der Waals surface area (Å²) in [5, 5.41) is 17.6. The van der Waals surface area contributed by atoms with Crippen molar-refractivity contribution in [1.29, 1.82) is 5.41 Å². The highest BCUT2D eigenvalue weighted by Gasteiger charge is 2.33. The van der Waals surface area contributed by atoms with Crippen molar-refractivity contribution in [3.63, 3.8) is 0 Å². The summed E-state index contributed by atoms with van der Waals surface area (Å²) >= 11 is 0. The van der Waals surface area contributed by atoms with Crippen molar-refractivity contribution in [2.75, 3.05) is 95.5 Å². The molecule has 1 aliphatic rings. The van der Waals surface area contributed by atoms with Crippen LogP contribution in [0.25, 0.3) is 0 Å². The highest BCUT2D eigenvalue weighted by molar-refractivity contribution is 6.22. The summed E-state index contributed by atoms with van der Waals surface area (Å²) in [6.07, 6.45) is 2.43. The number of amides is 2. The summed E-state index contributed by atoms with van der Waals surface area (Å²) in [4.78, 5) is 36.8. The molecule has 2 aromatic carbocycles. The number of nitrogens with one attached hydrogen (secondary N) is 4. The molecule has 0 fully saturated rings. The van der Waals surface area contributed by atoms with E-state index in [0.29, 0.717) is 144 Å². The lowest BCUT2D eigenvalue weighted by molar-refractivity contribution is -0.117. The molecule has 0 radical (unpaired) electrons. The average Bonchev–Trinajstić information content (AvgIpc) is 3.08. The molecule has 2 aromatic rings. The summed E-state index contributed by atoms with van der Waals surface area (Å²) in [6.45, 7) is 11.5. The quantitative estimate of drug-likeness (QED) is 0.0461. The number of benzene rings is 2. The van der Waals surface area contributed by atoms with Gasteiger partial charge in [-0.25, -0.2) is 0 Å². The molecule has 3 rings (SSSR count). The van der Waals surface area contributed by atoms with E-state index in [0.717, 1.165) is 0 Å². The van der Waals surface area contributed by atoms with Gasteiger partial charge in [-0.3, -0.25) is 14.4 Å². The molecule has 14 heteroatoms. The monoisotopic (exact) mass is 724 g/mol. The molecular formula is C38H56N6O8. The van der Waals surface area contributed by atoms with E-state index >= 15 is 0 Å².